The van der Waals surface area contributed by atoms with Gasteiger partial charge in [0.1, 0.15) is 0 Å². The van der Waals surface area contributed by atoms with Crippen LogP contribution in [0.5, 0.6) is 0 Å². The minimum absolute atomic E-state index is 0.0188. The molecule has 1 aliphatic rings. The summed E-state index contributed by atoms with van der Waals surface area (Å²) in [5.41, 5.74) is 6.29. The Kier molecular flexibility index (Phi) is 8.69. The van der Waals surface area contributed by atoms with Gasteiger partial charge in [0.15, 0.2) is 0 Å². The first-order chi connectivity index (χ1) is 19.8. The molecule has 0 spiro atoms. The summed E-state index contributed by atoms with van der Waals surface area (Å²) < 4.78 is 2.09. The van der Waals surface area contributed by atoms with Crippen molar-refractivity contribution < 1.29 is 14.7 Å². The first-order valence-corrected chi connectivity index (χ1v) is 14.4. The zero-order valence-corrected chi connectivity index (χ0v) is 24.1. The number of piperazine rings is 1. The number of carbonyl (C=O) groups excluding carboxylic acids is 1. The number of likely N-dealkylation sites (N-methyl/N-ethyl adjacent to an activating group) is 1. The van der Waals surface area contributed by atoms with Crippen LogP contribution >= 0.6 is 0 Å². The van der Waals surface area contributed by atoms with Crippen LogP contribution in [0, 0.1) is 5.92 Å². The van der Waals surface area contributed by atoms with Gasteiger partial charge in [0.25, 0.3) is 5.91 Å². The second-order valence-corrected chi connectivity index (χ2v) is 11.4. The molecule has 1 aliphatic heterocycles. The summed E-state index contributed by atoms with van der Waals surface area (Å²) in [4.78, 5) is 28.0. The topological polar surface area (TPSA) is 90.7 Å². The molecule has 0 saturated carbocycles. The monoisotopic (exact) mass is 553 g/mol. The second-order valence-electron chi connectivity index (χ2n) is 11.4. The van der Waals surface area contributed by atoms with Crippen LogP contribution in [0.4, 0.5) is 5.69 Å². The van der Waals surface area contributed by atoms with E-state index in [1.807, 2.05) is 18.3 Å². The Balaban J connectivity index is 1.35. The van der Waals surface area contributed by atoms with E-state index in [1.165, 1.54) is 16.8 Å². The van der Waals surface area contributed by atoms with Crippen molar-refractivity contribution >= 4 is 28.5 Å². The molecule has 1 saturated heterocycles. The molecule has 0 bridgehead atoms. The summed E-state index contributed by atoms with van der Waals surface area (Å²) in [6.45, 7) is 8.80. The molecule has 3 aromatic carbocycles. The number of aromatic nitrogens is 2. The highest BCUT2D eigenvalue weighted by Crippen LogP contribution is 2.32. The van der Waals surface area contributed by atoms with Gasteiger partial charge < -0.3 is 20.2 Å². The summed E-state index contributed by atoms with van der Waals surface area (Å²) in [6, 6.07) is 23.0. The van der Waals surface area contributed by atoms with Gasteiger partial charge in [-0.1, -0.05) is 44.2 Å². The van der Waals surface area contributed by atoms with Gasteiger partial charge in [0.05, 0.1) is 24.2 Å². The summed E-state index contributed by atoms with van der Waals surface area (Å²) >= 11 is 0. The van der Waals surface area contributed by atoms with Gasteiger partial charge >= 0.3 is 5.97 Å². The number of nitrogens with zero attached hydrogens (tertiary/aromatic N) is 4. The van der Waals surface area contributed by atoms with E-state index >= 15 is 0 Å². The molecule has 1 atom stereocenters. The maximum Gasteiger partial charge on any atom is 0.305 e. The molecule has 2 N–H and O–H groups in total. The molecule has 214 valence electrons. The quantitative estimate of drug-likeness (QED) is 0.277. The van der Waals surface area contributed by atoms with Gasteiger partial charge in [-0.3, -0.25) is 14.3 Å². The molecule has 0 radical (unpaired) electrons. The molecule has 1 aromatic heterocycles. The van der Waals surface area contributed by atoms with E-state index < -0.39 is 5.97 Å². The fraction of sp³-hybridized carbons (Fsp3) is 0.364. The van der Waals surface area contributed by atoms with Crippen LogP contribution in [-0.4, -0.2) is 71.4 Å². The Bertz CT molecular complexity index is 1490. The summed E-state index contributed by atoms with van der Waals surface area (Å²) in [7, 11) is 2.18. The predicted octanol–water partition coefficient (Wildman–Crippen LogP) is 5.30. The average molecular weight is 554 g/mol. The zero-order chi connectivity index (χ0) is 28.9. The first kappa shape index (κ1) is 28.4. The highest BCUT2D eigenvalue weighted by atomic mass is 16.4. The lowest BCUT2D eigenvalue weighted by Gasteiger charge is -2.34. The number of nitrogens with one attached hydrogen (secondary N) is 1. The normalized spacial score (nSPS) is 14.9. The standard InChI is InChI=1S/C33H39N5O3/c1-23(2)20-31(25-4-6-26(7-5-25)33(41)34-15-14-32(39)40)38-30-13-10-27(21-28(30)22-35-38)24-8-11-29(12-9-24)37-18-16-36(3)17-19-37/h4-13,21-23,31H,14-20H2,1-3H3,(H,34,41)(H,39,40). The molecule has 1 unspecified atom stereocenters. The SMILES string of the molecule is CC(C)CC(c1ccc(C(=O)NCCC(=O)O)cc1)n1ncc2cc(-c3ccc(N4CCN(C)CC4)cc3)ccc21. The smallest absolute Gasteiger partial charge is 0.305 e. The molecule has 4 aromatic rings. The molecule has 0 aliphatic carbocycles. The lowest BCUT2D eigenvalue weighted by Crippen LogP contribution is -2.44. The number of fused-ring (bicyclic) bond motifs is 1. The lowest BCUT2D eigenvalue weighted by molar-refractivity contribution is -0.136. The van der Waals surface area contributed by atoms with Crippen molar-refractivity contribution in [1.29, 1.82) is 0 Å². The van der Waals surface area contributed by atoms with Crippen LogP contribution in [0.1, 0.15) is 48.7 Å². The average Bonchev–Trinajstić information content (AvgIpc) is 3.39. The van der Waals surface area contributed by atoms with Crippen molar-refractivity contribution in [2.45, 2.75) is 32.7 Å². The largest absolute Gasteiger partial charge is 0.481 e. The maximum absolute atomic E-state index is 12.4. The number of rotatable bonds is 10. The summed E-state index contributed by atoms with van der Waals surface area (Å²) in [6.07, 6.45) is 2.74. The van der Waals surface area contributed by atoms with E-state index in [9.17, 15) is 9.59 Å². The van der Waals surface area contributed by atoms with Crippen molar-refractivity contribution in [3.05, 3.63) is 84.1 Å². The second kappa shape index (κ2) is 12.6. The number of benzene rings is 3. The maximum atomic E-state index is 12.4. The van der Waals surface area contributed by atoms with Crippen LogP contribution in [-0.2, 0) is 4.79 Å². The van der Waals surface area contributed by atoms with Crippen LogP contribution in [0.15, 0.2) is 72.9 Å². The molecule has 41 heavy (non-hydrogen) atoms. The predicted molar refractivity (Wildman–Crippen MR) is 164 cm³/mol. The van der Waals surface area contributed by atoms with Crippen molar-refractivity contribution in [2.75, 3.05) is 44.7 Å². The summed E-state index contributed by atoms with van der Waals surface area (Å²) in [5, 5.41) is 17.4. The third kappa shape index (κ3) is 6.77. The molecule has 1 fully saturated rings. The third-order valence-electron chi connectivity index (χ3n) is 7.84. The number of carboxylic acid groups (broad SMARTS) is 1. The number of anilines is 1. The van der Waals surface area contributed by atoms with Crippen LogP contribution in [0.25, 0.3) is 22.0 Å². The number of hydrogen-bond acceptors (Lipinski definition) is 5. The molecule has 2 heterocycles. The molecule has 8 nitrogen and oxygen atoms in total. The van der Waals surface area contributed by atoms with Crippen molar-refractivity contribution in [3.8, 4) is 11.1 Å². The number of hydrogen-bond donors (Lipinski definition) is 2. The van der Waals surface area contributed by atoms with E-state index in [2.05, 4.69) is 83.2 Å². The van der Waals surface area contributed by atoms with Crippen LogP contribution in [0.3, 0.4) is 0 Å². The molecular weight excluding hydrogens is 514 g/mol. The number of aliphatic carboxylic acids is 1. The van der Waals surface area contributed by atoms with E-state index in [1.54, 1.807) is 12.1 Å². The first-order valence-electron chi connectivity index (χ1n) is 14.4. The fourth-order valence-electron chi connectivity index (χ4n) is 5.48. The van der Waals surface area contributed by atoms with Gasteiger partial charge in [-0.15, -0.1) is 0 Å². The Morgan fingerprint density at radius 3 is 2.27 bits per heavy atom. The van der Waals surface area contributed by atoms with Gasteiger partial charge in [-0.25, -0.2) is 0 Å². The van der Waals surface area contributed by atoms with E-state index in [4.69, 9.17) is 10.2 Å². The Morgan fingerprint density at radius 2 is 1.61 bits per heavy atom. The van der Waals surface area contributed by atoms with E-state index in [0.717, 1.165) is 49.1 Å². The Morgan fingerprint density at radius 1 is 0.927 bits per heavy atom. The fourth-order valence-corrected chi connectivity index (χ4v) is 5.48. The Hall–Kier alpha value is -4.17. The molecule has 5 rings (SSSR count). The van der Waals surface area contributed by atoms with E-state index in [-0.39, 0.29) is 24.9 Å². The van der Waals surface area contributed by atoms with Gasteiger partial charge in [0, 0.05) is 49.4 Å². The Labute approximate surface area is 241 Å². The van der Waals surface area contributed by atoms with Gasteiger partial charge in [0.2, 0.25) is 0 Å². The third-order valence-corrected chi connectivity index (χ3v) is 7.84. The number of carboxylic acids is 1. The molecular formula is C33H39N5O3. The van der Waals surface area contributed by atoms with Crippen molar-refractivity contribution in [3.63, 3.8) is 0 Å². The van der Waals surface area contributed by atoms with Gasteiger partial charge in [-0.2, -0.15) is 5.10 Å². The highest BCUT2D eigenvalue weighted by Gasteiger charge is 2.20. The van der Waals surface area contributed by atoms with Crippen molar-refractivity contribution in [2.24, 2.45) is 5.92 Å². The zero-order valence-electron chi connectivity index (χ0n) is 24.1. The minimum Gasteiger partial charge on any atom is -0.481 e. The van der Waals surface area contributed by atoms with E-state index in [0.29, 0.717) is 11.5 Å². The summed E-state index contributed by atoms with van der Waals surface area (Å²) in [5.74, 6) is -0.766. The van der Waals surface area contributed by atoms with Gasteiger partial charge in [-0.05, 0) is 72.5 Å². The number of amides is 1. The molecule has 8 heteroatoms. The van der Waals surface area contributed by atoms with Crippen LogP contribution < -0.4 is 10.2 Å². The minimum atomic E-state index is -0.935. The molecule has 1 amide bonds. The number of carbonyl (C=O) groups is 2. The highest BCUT2D eigenvalue weighted by molar-refractivity contribution is 5.94. The van der Waals surface area contributed by atoms with Crippen molar-refractivity contribution in [1.82, 2.24) is 20.0 Å². The van der Waals surface area contributed by atoms with Crippen LogP contribution in [0.2, 0.25) is 0 Å². The lowest BCUT2D eigenvalue weighted by atomic mass is 9.96.